The lowest BCUT2D eigenvalue weighted by Gasteiger charge is -2.13. The van der Waals surface area contributed by atoms with Gasteiger partial charge in [0.15, 0.2) is 0 Å². The van der Waals surface area contributed by atoms with Crippen molar-refractivity contribution in [2.75, 3.05) is 6.54 Å². The first-order chi connectivity index (χ1) is 11.5. The van der Waals surface area contributed by atoms with E-state index in [2.05, 4.69) is 4.72 Å². The van der Waals surface area contributed by atoms with Gasteiger partial charge in [0, 0.05) is 6.54 Å². The van der Waals surface area contributed by atoms with E-state index in [4.69, 9.17) is 0 Å². The number of rotatable bonds is 5. The molecule has 0 aliphatic heterocycles. The van der Waals surface area contributed by atoms with E-state index in [1.54, 1.807) is 12.1 Å². The molecular weight excluding hydrogens is 329 g/mol. The minimum Gasteiger partial charge on any atom is -0.387 e. The summed E-state index contributed by atoms with van der Waals surface area (Å²) in [6, 6.07) is 17.6. The van der Waals surface area contributed by atoms with Crippen molar-refractivity contribution in [1.29, 1.82) is 0 Å². The SMILES string of the molecule is O=S(=O)(NCC(O)c1ccc(F)cc1)c1ccc2ccccc2c1. The molecule has 0 saturated heterocycles. The van der Waals surface area contributed by atoms with Gasteiger partial charge in [0.05, 0.1) is 11.0 Å². The second-order valence-electron chi connectivity index (χ2n) is 5.43. The maximum atomic E-state index is 12.9. The molecule has 3 aromatic rings. The van der Waals surface area contributed by atoms with Crippen LogP contribution in [-0.4, -0.2) is 20.1 Å². The van der Waals surface area contributed by atoms with E-state index in [9.17, 15) is 17.9 Å². The maximum Gasteiger partial charge on any atom is 0.240 e. The summed E-state index contributed by atoms with van der Waals surface area (Å²) in [7, 11) is -3.75. The molecule has 0 heterocycles. The number of aliphatic hydroxyl groups excluding tert-OH is 1. The first-order valence-electron chi connectivity index (χ1n) is 7.38. The molecule has 0 aliphatic carbocycles. The zero-order valence-corrected chi connectivity index (χ0v) is 13.5. The van der Waals surface area contributed by atoms with Crippen LogP contribution in [0.4, 0.5) is 4.39 Å². The Balaban J connectivity index is 1.76. The number of benzene rings is 3. The van der Waals surface area contributed by atoms with Gasteiger partial charge in [-0.3, -0.25) is 0 Å². The minimum absolute atomic E-state index is 0.132. The molecule has 6 heteroatoms. The van der Waals surface area contributed by atoms with Crippen LogP contribution in [-0.2, 0) is 10.0 Å². The molecule has 124 valence electrons. The third kappa shape index (κ3) is 3.62. The molecule has 24 heavy (non-hydrogen) atoms. The summed E-state index contributed by atoms with van der Waals surface area (Å²) in [5, 5.41) is 11.8. The van der Waals surface area contributed by atoms with Crippen LogP contribution < -0.4 is 4.72 Å². The van der Waals surface area contributed by atoms with E-state index < -0.39 is 21.9 Å². The number of hydrogen-bond acceptors (Lipinski definition) is 3. The van der Waals surface area contributed by atoms with Crippen molar-refractivity contribution in [3.05, 3.63) is 78.1 Å². The van der Waals surface area contributed by atoms with Crippen LogP contribution in [0.25, 0.3) is 10.8 Å². The average Bonchev–Trinajstić information content (AvgIpc) is 2.60. The summed E-state index contributed by atoms with van der Waals surface area (Å²) in [5.74, 6) is -0.414. The zero-order valence-electron chi connectivity index (χ0n) is 12.7. The molecule has 0 amide bonds. The third-order valence-corrected chi connectivity index (χ3v) is 5.17. The van der Waals surface area contributed by atoms with Crippen LogP contribution in [0.5, 0.6) is 0 Å². The number of halogens is 1. The molecular formula is C18H16FNO3S. The van der Waals surface area contributed by atoms with E-state index in [1.807, 2.05) is 24.3 Å². The summed E-state index contributed by atoms with van der Waals surface area (Å²) in [6.45, 7) is -0.194. The van der Waals surface area contributed by atoms with Gasteiger partial charge < -0.3 is 5.11 Å². The fraction of sp³-hybridized carbons (Fsp3) is 0.111. The lowest BCUT2D eigenvalue weighted by Crippen LogP contribution is -2.28. The van der Waals surface area contributed by atoms with Crippen LogP contribution in [0.1, 0.15) is 11.7 Å². The van der Waals surface area contributed by atoms with E-state index in [-0.39, 0.29) is 11.4 Å². The normalized spacial score (nSPS) is 13.1. The summed E-state index contributed by atoms with van der Waals surface area (Å²) in [5.41, 5.74) is 0.442. The Hall–Kier alpha value is -2.28. The molecule has 0 saturated carbocycles. The number of aliphatic hydroxyl groups is 1. The predicted octanol–water partition coefficient (Wildman–Crippen LogP) is 2.99. The molecule has 0 bridgehead atoms. The van der Waals surface area contributed by atoms with Gasteiger partial charge in [-0.05, 0) is 40.6 Å². The fourth-order valence-corrected chi connectivity index (χ4v) is 3.48. The number of fused-ring (bicyclic) bond motifs is 1. The molecule has 0 spiro atoms. The van der Waals surface area contributed by atoms with Gasteiger partial charge >= 0.3 is 0 Å². The Morgan fingerprint density at radius 1 is 0.958 bits per heavy atom. The van der Waals surface area contributed by atoms with Crippen molar-refractivity contribution in [3.63, 3.8) is 0 Å². The summed E-state index contributed by atoms with van der Waals surface area (Å²) >= 11 is 0. The Kier molecular flexibility index (Phi) is 4.62. The van der Waals surface area contributed by atoms with Crippen molar-refractivity contribution in [1.82, 2.24) is 4.72 Å². The Labute approximate surface area is 139 Å². The van der Waals surface area contributed by atoms with E-state index >= 15 is 0 Å². The van der Waals surface area contributed by atoms with Crippen LogP contribution in [0, 0.1) is 5.82 Å². The standard InChI is InChI=1S/C18H16FNO3S/c19-16-8-5-14(6-9-16)18(21)12-20-24(22,23)17-10-7-13-3-1-2-4-15(13)11-17/h1-11,18,20-21H,12H2. The van der Waals surface area contributed by atoms with E-state index in [0.717, 1.165) is 10.8 Å². The number of nitrogens with one attached hydrogen (secondary N) is 1. The zero-order chi connectivity index (χ0) is 17.2. The quantitative estimate of drug-likeness (QED) is 0.747. The van der Waals surface area contributed by atoms with E-state index in [1.165, 1.54) is 30.3 Å². The fourth-order valence-electron chi connectivity index (χ4n) is 2.41. The maximum absolute atomic E-state index is 12.9. The number of hydrogen-bond donors (Lipinski definition) is 2. The summed E-state index contributed by atoms with van der Waals surface area (Å²) < 4.78 is 40.0. The molecule has 0 fully saturated rings. The van der Waals surface area contributed by atoms with E-state index in [0.29, 0.717) is 5.56 Å². The molecule has 1 atom stereocenters. The lowest BCUT2D eigenvalue weighted by atomic mass is 10.1. The van der Waals surface area contributed by atoms with Crippen molar-refractivity contribution < 1.29 is 17.9 Å². The van der Waals surface area contributed by atoms with Gasteiger partial charge in [0.25, 0.3) is 0 Å². The van der Waals surface area contributed by atoms with Crippen molar-refractivity contribution >= 4 is 20.8 Å². The highest BCUT2D eigenvalue weighted by molar-refractivity contribution is 7.89. The van der Waals surface area contributed by atoms with Crippen LogP contribution in [0.2, 0.25) is 0 Å². The molecule has 3 rings (SSSR count). The van der Waals surface area contributed by atoms with Gasteiger partial charge in [0.1, 0.15) is 5.82 Å². The second kappa shape index (κ2) is 6.68. The van der Waals surface area contributed by atoms with Crippen LogP contribution >= 0.6 is 0 Å². The smallest absolute Gasteiger partial charge is 0.240 e. The van der Waals surface area contributed by atoms with Crippen molar-refractivity contribution in [2.45, 2.75) is 11.0 Å². The van der Waals surface area contributed by atoms with Gasteiger partial charge in [-0.1, -0.05) is 42.5 Å². The first kappa shape index (κ1) is 16.6. The Morgan fingerprint density at radius 2 is 1.62 bits per heavy atom. The summed E-state index contributed by atoms with van der Waals surface area (Å²) in [6.07, 6.45) is -1.05. The molecule has 0 aliphatic rings. The summed E-state index contributed by atoms with van der Waals surface area (Å²) in [4.78, 5) is 0.132. The highest BCUT2D eigenvalue weighted by Crippen LogP contribution is 2.19. The minimum atomic E-state index is -3.75. The van der Waals surface area contributed by atoms with Gasteiger partial charge in [-0.15, -0.1) is 0 Å². The van der Waals surface area contributed by atoms with Crippen molar-refractivity contribution in [3.8, 4) is 0 Å². The Morgan fingerprint density at radius 3 is 2.33 bits per heavy atom. The molecule has 0 radical (unpaired) electrons. The molecule has 4 nitrogen and oxygen atoms in total. The van der Waals surface area contributed by atoms with Gasteiger partial charge in [0.2, 0.25) is 10.0 Å². The lowest BCUT2D eigenvalue weighted by molar-refractivity contribution is 0.182. The predicted molar refractivity (Wildman–Crippen MR) is 90.5 cm³/mol. The molecule has 3 aromatic carbocycles. The second-order valence-corrected chi connectivity index (χ2v) is 7.20. The first-order valence-corrected chi connectivity index (χ1v) is 8.86. The third-order valence-electron chi connectivity index (χ3n) is 3.75. The topological polar surface area (TPSA) is 66.4 Å². The van der Waals surface area contributed by atoms with Crippen molar-refractivity contribution in [2.24, 2.45) is 0 Å². The van der Waals surface area contributed by atoms with Crippen LogP contribution in [0.3, 0.4) is 0 Å². The molecule has 0 aromatic heterocycles. The highest BCUT2D eigenvalue weighted by Gasteiger charge is 2.17. The van der Waals surface area contributed by atoms with Gasteiger partial charge in [-0.2, -0.15) is 0 Å². The highest BCUT2D eigenvalue weighted by atomic mass is 32.2. The van der Waals surface area contributed by atoms with Gasteiger partial charge in [-0.25, -0.2) is 17.5 Å². The molecule has 1 unspecified atom stereocenters. The monoisotopic (exact) mass is 345 g/mol. The Bertz CT molecular complexity index is 955. The largest absolute Gasteiger partial charge is 0.387 e. The van der Waals surface area contributed by atoms with Crippen LogP contribution in [0.15, 0.2) is 71.6 Å². The number of sulfonamides is 1. The average molecular weight is 345 g/mol. The molecule has 2 N–H and O–H groups in total.